The predicted molar refractivity (Wildman–Crippen MR) is 60.7 cm³/mol. The molecule has 1 aromatic carbocycles. The average Bonchev–Trinajstić information content (AvgIpc) is 2.21. The molecule has 1 heterocycles. The largest absolute Gasteiger partial charge is 0.329 e. The molecule has 2 rings (SSSR count). The molecule has 1 N–H and O–H groups in total. The van der Waals surface area contributed by atoms with Gasteiger partial charge in [-0.3, -0.25) is 4.79 Å². The zero-order valence-corrected chi connectivity index (χ0v) is 8.79. The molecule has 2 nitrogen and oxygen atoms in total. The summed E-state index contributed by atoms with van der Waals surface area (Å²) in [5.74, 6) is 0. The number of hydrogen-bond acceptors (Lipinski definition) is 1. The van der Waals surface area contributed by atoms with Crippen LogP contribution in [0, 0.1) is 6.92 Å². The lowest BCUT2D eigenvalue weighted by molar-refractivity contribution is 1.27. The first-order chi connectivity index (χ1) is 6.79. The topological polar surface area (TPSA) is 32.9 Å². The van der Waals surface area contributed by atoms with Crippen molar-refractivity contribution < 1.29 is 0 Å². The Bertz CT molecular complexity index is 466. The molecule has 1 aromatic heterocycles. The van der Waals surface area contributed by atoms with Crippen molar-refractivity contribution in [2.45, 2.75) is 20.8 Å². The molecular weight excluding hydrogens is 174 g/mol. The highest BCUT2D eigenvalue weighted by Gasteiger charge is 1.98. The number of fused-ring (bicyclic) bond motifs is 1. The summed E-state index contributed by atoms with van der Waals surface area (Å²) in [7, 11) is 0. The molecule has 0 saturated heterocycles. The Hall–Kier alpha value is -1.57. The number of aryl methyl sites for hydroxylation is 1. The van der Waals surface area contributed by atoms with Gasteiger partial charge in [-0.1, -0.05) is 32.0 Å². The minimum atomic E-state index is -0.00870. The highest BCUT2D eigenvalue weighted by molar-refractivity contribution is 5.84. The van der Waals surface area contributed by atoms with Crippen molar-refractivity contribution in [3.05, 3.63) is 46.4 Å². The fourth-order valence-corrected chi connectivity index (χ4v) is 1.42. The molecule has 0 fully saturated rings. The van der Waals surface area contributed by atoms with E-state index in [2.05, 4.69) is 4.98 Å². The van der Waals surface area contributed by atoms with Gasteiger partial charge in [0.2, 0.25) is 0 Å². The Kier molecular flexibility index (Phi) is 3.46. The third-order valence-electron chi connectivity index (χ3n) is 2.01. The van der Waals surface area contributed by atoms with Crippen LogP contribution in [-0.4, -0.2) is 4.98 Å². The normalized spacial score (nSPS) is 9.36. The summed E-state index contributed by atoms with van der Waals surface area (Å²) in [4.78, 5) is 14.0. The molecule has 74 valence electrons. The van der Waals surface area contributed by atoms with Gasteiger partial charge in [-0.2, -0.15) is 0 Å². The van der Waals surface area contributed by atoms with E-state index >= 15 is 0 Å². The summed E-state index contributed by atoms with van der Waals surface area (Å²) in [6.07, 6.45) is 1.67. The third-order valence-corrected chi connectivity index (χ3v) is 2.01. The molecule has 0 bridgehead atoms. The second-order valence-corrected chi connectivity index (χ2v) is 2.85. The molecule has 0 radical (unpaired) electrons. The summed E-state index contributed by atoms with van der Waals surface area (Å²) in [6.45, 7) is 5.94. The SMILES string of the molecule is CC.Cc1cccc2cc[nH]c(=O)c12. The molecule has 0 spiro atoms. The molecule has 0 unspecified atom stereocenters. The van der Waals surface area contributed by atoms with Crippen LogP contribution in [0.4, 0.5) is 0 Å². The third kappa shape index (κ3) is 1.84. The van der Waals surface area contributed by atoms with Gasteiger partial charge >= 0.3 is 0 Å². The molecule has 0 aliphatic heterocycles. The lowest BCUT2D eigenvalue weighted by Crippen LogP contribution is -2.05. The van der Waals surface area contributed by atoms with E-state index in [4.69, 9.17) is 0 Å². The van der Waals surface area contributed by atoms with Gasteiger partial charge in [0.1, 0.15) is 0 Å². The molecule has 2 aromatic rings. The average molecular weight is 189 g/mol. The Labute approximate surface area is 83.6 Å². The Morgan fingerprint density at radius 1 is 1.14 bits per heavy atom. The molecule has 0 aliphatic rings. The van der Waals surface area contributed by atoms with Crippen LogP contribution >= 0.6 is 0 Å². The molecular formula is C12H15NO. The van der Waals surface area contributed by atoms with E-state index in [0.29, 0.717) is 0 Å². The summed E-state index contributed by atoms with van der Waals surface area (Å²) < 4.78 is 0. The number of pyridine rings is 1. The minimum absolute atomic E-state index is 0.00870. The quantitative estimate of drug-likeness (QED) is 0.679. The van der Waals surface area contributed by atoms with Crippen LogP contribution in [0.25, 0.3) is 10.8 Å². The standard InChI is InChI=1S/C10H9NO.C2H6/c1-7-3-2-4-8-5-6-11-10(12)9(7)8;1-2/h2-6H,1H3,(H,11,12);1-2H3. The van der Waals surface area contributed by atoms with Crippen molar-refractivity contribution in [2.24, 2.45) is 0 Å². The number of benzene rings is 1. The number of H-pyrrole nitrogens is 1. The summed E-state index contributed by atoms with van der Waals surface area (Å²) in [5.41, 5.74) is 1.01. The van der Waals surface area contributed by atoms with Gasteiger partial charge in [-0.15, -0.1) is 0 Å². The predicted octanol–water partition coefficient (Wildman–Crippen LogP) is 2.86. The van der Waals surface area contributed by atoms with Crippen molar-refractivity contribution in [2.75, 3.05) is 0 Å². The number of aromatic amines is 1. The van der Waals surface area contributed by atoms with Crippen LogP contribution in [0.15, 0.2) is 35.3 Å². The first-order valence-corrected chi connectivity index (χ1v) is 4.86. The number of nitrogens with one attached hydrogen (secondary N) is 1. The van der Waals surface area contributed by atoms with E-state index in [1.807, 2.05) is 45.0 Å². The smallest absolute Gasteiger partial charge is 0.256 e. The van der Waals surface area contributed by atoms with Crippen molar-refractivity contribution in [3.8, 4) is 0 Å². The number of rotatable bonds is 0. The monoisotopic (exact) mass is 189 g/mol. The first kappa shape index (κ1) is 10.5. The van der Waals surface area contributed by atoms with Crippen molar-refractivity contribution in [1.82, 2.24) is 4.98 Å². The zero-order chi connectivity index (χ0) is 10.6. The molecule has 0 amide bonds. The summed E-state index contributed by atoms with van der Waals surface area (Å²) in [5, 5.41) is 1.79. The second kappa shape index (κ2) is 4.61. The van der Waals surface area contributed by atoms with Gasteiger partial charge in [0.05, 0.1) is 0 Å². The van der Waals surface area contributed by atoms with Crippen molar-refractivity contribution in [1.29, 1.82) is 0 Å². The van der Waals surface area contributed by atoms with E-state index < -0.39 is 0 Å². The van der Waals surface area contributed by atoms with Crippen LogP contribution in [0.2, 0.25) is 0 Å². The van der Waals surface area contributed by atoms with E-state index in [1.54, 1.807) is 6.20 Å². The van der Waals surface area contributed by atoms with Crippen LogP contribution < -0.4 is 5.56 Å². The van der Waals surface area contributed by atoms with Crippen molar-refractivity contribution in [3.63, 3.8) is 0 Å². The Morgan fingerprint density at radius 2 is 1.86 bits per heavy atom. The minimum Gasteiger partial charge on any atom is -0.329 e. The molecule has 2 heteroatoms. The van der Waals surface area contributed by atoms with Gasteiger partial charge in [-0.25, -0.2) is 0 Å². The Morgan fingerprint density at radius 3 is 2.50 bits per heavy atom. The van der Waals surface area contributed by atoms with Crippen LogP contribution in [0.5, 0.6) is 0 Å². The maximum atomic E-state index is 11.3. The fraction of sp³-hybridized carbons (Fsp3) is 0.250. The first-order valence-electron chi connectivity index (χ1n) is 4.86. The molecule has 0 saturated carbocycles. The van der Waals surface area contributed by atoms with Gasteiger partial charge in [0.25, 0.3) is 5.56 Å². The summed E-state index contributed by atoms with van der Waals surface area (Å²) >= 11 is 0. The number of hydrogen-bond donors (Lipinski definition) is 1. The van der Waals surface area contributed by atoms with Gasteiger partial charge < -0.3 is 4.98 Å². The van der Waals surface area contributed by atoms with Crippen LogP contribution in [0.3, 0.4) is 0 Å². The highest BCUT2D eigenvalue weighted by Crippen LogP contribution is 2.11. The number of aromatic nitrogens is 1. The lowest BCUT2D eigenvalue weighted by Gasteiger charge is -1.98. The van der Waals surface area contributed by atoms with Gasteiger partial charge in [-0.05, 0) is 23.9 Å². The lowest BCUT2D eigenvalue weighted by atomic mass is 10.1. The van der Waals surface area contributed by atoms with E-state index in [0.717, 1.165) is 16.3 Å². The Balaban J connectivity index is 0.000000461. The van der Waals surface area contributed by atoms with E-state index in [-0.39, 0.29) is 5.56 Å². The molecule has 0 atom stereocenters. The maximum Gasteiger partial charge on any atom is 0.256 e. The van der Waals surface area contributed by atoms with Gasteiger partial charge in [0, 0.05) is 11.6 Å². The second-order valence-electron chi connectivity index (χ2n) is 2.85. The zero-order valence-electron chi connectivity index (χ0n) is 8.79. The van der Waals surface area contributed by atoms with Crippen LogP contribution in [-0.2, 0) is 0 Å². The highest BCUT2D eigenvalue weighted by atomic mass is 16.1. The van der Waals surface area contributed by atoms with E-state index in [9.17, 15) is 4.79 Å². The summed E-state index contributed by atoms with van der Waals surface area (Å²) in [6, 6.07) is 7.75. The van der Waals surface area contributed by atoms with E-state index in [1.165, 1.54) is 0 Å². The molecule has 14 heavy (non-hydrogen) atoms. The fourth-order valence-electron chi connectivity index (χ4n) is 1.42. The molecule has 0 aliphatic carbocycles. The van der Waals surface area contributed by atoms with Crippen LogP contribution in [0.1, 0.15) is 19.4 Å². The maximum absolute atomic E-state index is 11.3. The van der Waals surface area contributed by atoms with Gasteiger partial charge in [0.15, 0.2) is 0 Å². The van der Waals surface area contributed by atoms with Crippen molar-refractivity contribution >= 4 is 10.8 Å².